The average molecular weight is 381 g/mol. The molecule has 7 heteroatoms. The van der Waals surface area contributed by atoms with Crippen LogP contribution in [0.2, 0.25) is 0 Å². The van der Waals surface area contributed by atoms with Crippen molar-refractivity contribution in [3.8, 4) is 11.3 Å². The van der Waals surface area contributed by atoms with E-state index in [4.69, 9.17) is 0 Å². The van der Waals surface area contributed by atoms with Gasteiger partial charge in [0.1, 0.15) is 5.69 Å². The molecule has 3 nitrogen and oxygen atoms in total. The summed E-state index contributed by atoms with van der Waals surface area (Å²) in [4.78, 5) is 15.4. The van der Waals surface area contributed by atoms with Gasteiger partial charge in [-0.15, -0.1) is 0 Å². The van der Waals surface area contributed by atoms with Crippen molar-refractivity contribution in [1.82, 2.24) is 4.98 Å². The Balaban J connectivity index is 2.83. The second kappa shape index (κ2) is 7.50. The number of pyridine rings is 1. The van der Waals surface area contributed by atoms with Gasteiger partial charge in [0.2, 0.25) is 0 Å². The first kappa shape index (κ1) is 20.6. The molecule has 1 aromatic heterocycles. The summed E-state index contributed by atoms with van der Waals surface area (Å²) in [6.07, 6.45) is -5.03. The maximum Gasteiger partial charge on any atom is 0.416 e. The number of carbonyl (C=O) groups is 1. The van der Waals surface area contributed by atoms with Gasteiger partial charge in [-0.2, -0.15) is 13.2 Å². The minimum Gasteiger partial charge on any atom is -0.481 e. The smallest absolute Gasteiger partial charge is 0.416 e. The van der Waals surface area contributed by atoms with Crippen LogP contribution < -0.4 is 0 Å². The average Bonchev–Trinajstić information content (AvgIpc) is 2.53. The van der Waals surface area contributed by atoms with Gasteiger partial charge in [-0.25, -0.2) is 9.37 Å². The maximum atomic E-state index is 15.2. The summed E-state index contributed by atoms with van der Waals surface area (Å²) in [6.45, 7) is 8.71. The summed E-state index contributed by atoms with van der Waals surface area (Å²) in [5.41, 5.74) is -0.295. The zero-order valence-corrected chi connectivity index (χ0v) is 15.1. The van der Waals surface area contributed by atoms with Crippen LogP contribution in [0.5, 0.6) is 0 Å². The summed E-state index contributed by atoms with van der Waals surface area (Å²) in [6, 6.07) is 4.24. The highest BCUT2D eigenvalue weighted by molar-refractivity contribution is 5.77. The number of nitrogens with zero attached hydrogens (tertiary/aromatic N) is 1. The lowest BCUT2D eigenvalue weighted by Crippen LogP contribution is -2.13. The second-order valence-corrected chi connectivity index (χ2v) is 6.60. The molecule has 0 saturated carbocycles. The van der Waals surface area contributed by atoms with Gasteiger partial charge in [0.05, 0.1) is 17.7 Å². The Hall–Kier alpha value is -2.70. The topological polar surface area (TPSA) is 50.2 Å². The molecule has 0 aliphatic carbocycles. The molecule has 0 aliphatic heterocycles. The Morgan fingerprint density at radius 3 is 2.41 bits per heavy atom. The number of benzene rings is 1. The van der Waals surface area contributed by atoms with E-state index in [1.807, 2.05) is 0 Å². The van der Waals surface area contributed by atoms with Crippen molar-refractivity contribution >= 4 is 11.5 Å². The van der Waals surface area contributed by atoms with Crippen molar-refractivity contribution in [3.63, 3.8) is 0 Å². The van der Waals surface area contributed by atoms with Crippen LogP contribution in [0.1, 0.15) is 49.1 Å². The highest BCUT2D eigenvalue weighted by Gasteiger charge is 2.31. The number of hydrogen-bond acceptors (Lipinski definition) is 2. The van der Waals surface area contributed by atoms with Crippen molar-refractivity contribution in [2.24, 2.45) is 0 Å². The summed E-state index contributed by atoms with van der Waals surface area (Å²) >= 11 is 0. The zero-order chi connectivity index (χ0) is 20.5. The van der Waals surface area contributed by atoms with Crippen molar-refractivity contribution in [3.05, 3.63) is 59.0 Å². The molecule has 0 saturated heterocycles. The molecule has 2 rings (SSSR count). The van der Waals surface area contributed by atoms with Gasteiger partial charge in [0.25, 0.3) is 0 Å². The fourth-order valence-corrected chi connectivity index (χ4v) is 2.94. The van der Waals surface area contributed by atoms with Crippen LogP contribution in [0.25, 0.3) is 16.8 Å². The van der Waals surface area contributed by atoms with Gasteiger partial charge in [-0.1, -0.05) is 32.6 Å². The molecule has 0 radical (unpaired) electrons. The highest BCUT2D eigenvalue weighted by Crippen LogP contribution is 2.36. The Kier molecular flexibility index (Phi) is 5.73. The maximum absolute atomic E-state index is 15.2. The van der Waals surface area contributed by atoms with Crippen LogP contribution in [0.3, 0.4) is 0 Å². The van der Waals surface area contributed by atoms with Gasteiger partial charge >= 0.3 is 12.1 Å². The van der Waals surface area contributed by atoms with Crippen molar-refractivity contribution in [1.29, 1.82) is 0 Å². The van der Waals surface area contributed by atoms with E-state index in [9.17, 15) is 23.1 Å². The quantitative estimate of drug-likeness (QED) is 0.677. The predicted octanol–water partition coefficient (Wildman–Crippen LogP) is 5.69. The van der Waals surface area contributed by atoms with Crippen LogP contribution in [0.15, 0.2) is 30.8 Å². The number of aromatic nitrogens is 1. The third-order valence-electron chi connectivity index (χ3n) is 4.05. The number of alkyl halides is 3. The highest BCUT2D eigenvalue weighted by atomic mass is 19.4. The van der Waals surface area contributed by atoms with Gasteiger partial charge in [-0.05, 0) is 41.7 Å². The minimum atomic E-state index is -4.58. The van der Waals surface area contributed by atoms with Crippen LogP contribution in [-0.2, 0) is 17.4 Å². The van der Waals surface area contributed by atoms with Gasteiger partial charge in [-0.3, -0.25) is 4.79 Å². The molecule has 0 aliphatic rings. The Labute approximate surface area is 154 Å². The lowest BCUT2D eigenvalue weighted by Gasteiger charge is -2.20. The van der Waals surface area contributed by atoms with E-state index in [-0.39, 0.29) is 28.1 Å². The lowest BCUT2D eigenvalue weighted by atomic mass is 9.90. The molecule has 144 valence electrons. The molecule has 27 heavy (non-hydrogen) atoms. The molecule has 1 N–H and O–H groups in total. The van der Waals surface area contributed by atoms with Crippen molar-refractivity contribution in [2.75, 3.05) is 0 Å². The molecule has 0 fully saturated rings. The monoisotopic (exact) mass is 381 g/mol. The molecular formula is C20H19F4NO2. The molecule has 0 unspecified atom stereocenters. The molecule has 0 bridgehead atoms. The molecule has 1 aromatic carbocycles. The zero-order valence-electron chi connectivity index (χ0n) is 15.1. The van der Waals surface area contributed by atoms with E-state index in [0.717, 1.165) is 12.1 Å². The fraction of sp³-hybridized carbons (Fsp3) is 0.300. The van der Waals surface area contributed by atoms with Crippen LogP contribution >= 0.6 is 0 Å². The second-order valence-electron chi connectivity index (χ2n) is 6.60. The van der Waals surface area contributed by atoms with E-state index in [1.165, 1.54) is 12.1 Å². The predicted molar refractivity (Wildman–Crippen MR) is 94.8 cm³/mol. The van der Waals surface area contributed by atoms with Crippen molar-refractivity contribution < 1.29 is 27.5 Å². The molecular weight excluding hydrogens is 362 g/mol. The first-order chi connectivity index (χ1) is 12.4. The fourth-order valence-electron chi connectivity index (χ4n) is 2.94. The van der Waals surface area contributed by atoms with Gasteiger partial charge < -0.3 is 5.11 Å². The SMILES string of the molecule is C=C(C)c1nc(-c2cccc(C(F)(F)F)c2)c(F)c(C(C)C)c1CC(=O)O. The number of hydrogen-bond donors (Lipinski definition) is 1. The van der Waals surface area contributed by atoms with E-state index >= 15 is 4.39 Å². The number of carboxylic acids is 1. The number of rotatable bonds is 5. The largest absolute Gasteiger partial charge is 0.481 e. The first-order valence-corrected chi connectivity index (χ1v) is 8.21. The number of allylic oxidation sites excluding steroid dienone is 1. The third kappa shape index (κ3) is 4.35. The number of aliphatic carboxylic acids is 1. The lowest BCUT2D eigenvalue weighted by molar-refractivity contribution is -0.138. The molecule has 2 aromatic rings. The number of halogens is 4. The van der Waals surface area contributed by atoms with E-state index in [0.29, 0.717) is 5.57 Å². The standard InChI is InChI=1S/C20H19F4NO2/c1-10(2)16-14(9-15(26)27)18(11(3)4)25-19(17(16)21)12-6-5-7-13(8-12)20(22,23)24/h5-8,10H,3,9H2,1-2,4H3,(H,26,27). The minimum absolute atomic E-state index is 0.0337. The Bertz CT molecular complexity index is 902. The van der Waals surface area contributed by atoms with E-state index < -0.39 is 35.9 Å². The van der Waals surface area contributed by atoms with E-state index in [2.05, 4.69) is 11.6 Å². The summed E-state index contributed by atoms with van der Waals surface area (Å²) in [7, 11) is 0. The van der Waals surface area contributed by atoms with Crippen molar-refractivity contribution in [2.45, 2.75) is 39.3 Å². The number of carboxylic acid groups (broad SMARTS) is 1. The van der Waals surface area contributed by atoms with Crippen LogP contribution in [0, 0.1) is 5.82 Å². The normalized spacial score (nSPS) is 11.7. The Morgan fingerprint density at radius 2 is 1.93 bits per heavy atom. The molecule has 1 heterocycles. The third-order valence-corrected chi connectivity index (χ3v) is 4.05. The summed E-state index contributed by atoms with van der Waals surface area (Å²) < 4.78 is 54.3. The molecule has 0 spiro atoms. The summed E-state index contributed by atoms with van der Waals surface area (Å²) in [5, 5.41) is 9.18. The van der Waals surface area contributed by atoms with E-state index in [1.54, 1.807) is 20.8 Å². The molecule has 0 amide bonds. The van der Waals surface area contributed by atoms with Crippen LogP contribution in [0.4, 0.5) is 17.6 Å². The summed E-state index contributed by atoms with van der Waals surface area (Å²) in [5.74, 6) is -2.37. The molecule has 0 atom stereocenters. The Morgan fingerprint density at radius 1 is 1.30 bits per heavy atom. The van der Waals surface area contributed by atoms with Gasteiger partial charge in [0, 0.05) is 5.56 Å². The first-order valence-electron chi connectivity index (χ1n) is 8.21. The van der Waals surface area contributed by atoms with Crippen LogP contribution in [-0.4, -0.2) is 16.1 Å². The van der Waals surface area contributed by atoms with Gasteiger partial charge in [0.15, 0.2) is 5.82 Å².